The number of amides is 1. The fourth-order valence-corrected chi connectivity index (χ4v) is 4.40. The average molecular weight is 420 g/mol. The Labute approximate surface area is 182 Å². The fraction of sp³-hybridized carbons (Fsp3) is 0.360. The van der Waals surface area contributed by atoms with Crippen molar-refractivity contribution in [3.63, 3.8) is 0 Å². The molecule has 0 bridgehead atoms. The van der Waals surface area contributed by atoms with E-state index in [-0.39, 0.29) is 5.91 Å². The molecule has 2 heterocycles. The number of aromatic amines is 1. The van der Waals surface area contributed by atoms with Crippen molar-refractivity contribution >= 4 is 23.1 Å². The summed E-state index contributed by atoms with van der Waals surface area (Å²) in [5, 5.41) is 3.92. The van der Waals surface area contributed by atoms with E-state index in [2.05, 4.69) is 40.6 Å². The van der Waals surface area contributed by atoms with Gasteiger partial charge in [0.05, 0.1) is 12.6 Å². The van der Waals surface area contributed by atoms with Crippen LogP contribution in [0.15, 0.2) is 48.5 Å². The Hall–Kier alpha value is -2.96. The number of carbonyl (C=O) groups excluding carboxylic acids is 2. The van der Waals surface area contributed by atoms with Crippen molar-refractivity contribution in [2.75, 3.05) is 19.8 Å². The van der Waals surface area contributed by atoms with Gasteiger partial charge in [-0.3, -0.25) is 4.79 Å². The third kappa shape index (κ3) is 4.70. The highest BCUT2D eigenvalue weighted by Crippen LogP contribution is 2.37. The number of aryl methyl sites for hydroxylation is 1. The molecule has 0 spiro atoms. The van der Waals surface area contributed by atoms with Crippen LogP contribution in [0.2, 0.25) is 0 Å². The minimum Gasteiger partial charge on any atom is -0.381 e. The predicted octanol–water partition coefficient (Wildman–Crippen LogP) is 3.30. The van der Waals surface area contributed by atoms with Gasteiger partial charge in [0.25, 0.3) is 0 Å². The Morgan fingerprint density at radius 2 is 2.06 bits per heavy atom. The normalized spacial score (nSPS) is 17.0. The second-order valence-electron chi connectivity index (χ2n) is 8.06. The van der Waals surface area contributed by atoms with Gasteiger partial charge in [-0.15, -0.1) is 0 Å². The van der Waals surface area contributed by atoms with Crippen LogP contribution in [0, 0.1) is 0 Å². The first-order chi connectivity index (χ1) is 15.2. The topological polar surface area (TPSA) is 97.2 Å². The SMILES string of the molecule is NCCC(C=O)NC(=O)CCc1c(-c2ccccc2)[nH]c2c(C3CCOC3)cccc12. The third-order valence-corrected chi connectivity index (χ3v) is 6.00. The fourth-order valence-electron chi connectivity index (χ4n) is 4.40. The van der Waals surface area contributed by atoms with Gasteiger partial charge in [-0.05, 0) is 42.5 Å². The Balaban J connectivity index is 1.66. The van der Waals surface area contributed by atoms with E-state index < -0.39 is 6.04 Å². The highest BCUT2D eigenvalue weighted by atomic mass is 16.5. The van der Waals surface area contributed by atoms with Crippen molar-refractivity contribution in [1.82, 2.24) is 10.3 Å². The molecule has 6 nitrogen and oxygen atoms in total. The summed E-state index contributed by atoms with van der Waals surface area (Å²) >= 11 is 0. The maximum Gasteiger partial charge on any atom is 0.220 e. The van der Waals surface area contributed by atoms with E-state index in [9.17, 15) is 9.59 Å². The van der Waals surface area contributed by atoms with E-state index in [1.54, 1.807) is 0 Å². The van der Waals surface area contributed by atoms with Gasteiger partial charge < -0.3 is 25.6 Å². The predicted molar refractivity (Wildman–Crippen MR) is 122 cm³/mol. The number of para-hydroxylation sites is 1. The molecule has 1 amide bonds. The highest BCUT2D eigenvalue weighted by molar-refractivity contribution is 5.93. The van der Waals surface area contributed by atoms with Crippen LogP contribution in [0.3, 0.4) is 0 Å². The second-order valence-corrected chi connectivity index (χ2v) is 8.06. The first kappa shape index (κ1) is 21.3. The van der Waals surface area contributed by atoms with Gasteiger partial charge in [-0.2, -0.15) is 0 Å². The Morgan fingerprint density at radius 1 is 1.23 bits per heavy atom. The lowest BCUT2D eigenvalue weighted by Crippen LogP contribution is -2.37. The second kappa shape index (κ2) is 9.90. The van der Waals surface area contributed by atoms with E-state index in [0.717, 1.165) is 53.6 Å². The Bertz CT molecular complexity index is 1040. The smallest absolute Gasteiger partial charge is 0.220 e. The Kier molecular flexibility index (Phi) is 6.79. The molecule has 2 unspecified atom stereocenters. The van der Waals surface area contributed by atoms with Crippen molar-refractivity contribution in [2.45, 2.75) is 37.6 Å². The molecule has 1 fully saturated rings. The zero-order chi connectivity index (χ0) is 21.6. The summed E-state index contributed by atoms with van der Waals surface area (Å²) in [6, 6.07) is 16.0. The summed E-state index contributed by atoms with van der Waals surface area (Å²) in [5.74, 6) is 0.242. The average Bonchev–Trinajstić information content (AvgIpc) is 3.46. The quantitative estimate of drug-likeness (QED) is 0.464. The van der Waals surface area contributed by atoms with E-state index in [1.165, 1.54) is 5.56 Å². The number of fused-ring (bicyclic) bond motifs is 1. The molecule has 162 valence electrons. The zero-order valence-electron chi connectivity index (χ0n) is 17.6. The van der Waals surface area contributed by atoms with E-state index in [0.29, 0.717) is 31.7 Å². The van der Waals surface area contributed by atoms with Crippen molar-refractivity contribution in [3.8, 4) is 11.3 Å². The highest BCUT2D eigenvalue weighted by Gasteiger charge is 2.23. The molecule has 0 radical (unpaired) electrons. The largest absolute Gasteiger partial charge is 0.381 e. The number of hydrogen-bond donors (Lipinski definition) is 3. The molecule has 0 saturated carbocycles. The molecule has 1 saturated heterocycles. The van der Waals surface area contributed by atoms with Crippen LogP contribution in [0.4, 0.5) is 0 Å². The van der Waals surface area contributed by atoms with Gasteiger partial charge in [-0.25, -0.2) is 0 Å². The van der Waals surface area contributed by atoms with Crippen LogP contribution >= 0.6 is 0 Å². The van der Waals surface area contributed by atoms with Crippen molar-refractivity contribution in [3.05, 3.63) is 59.7 Å². The van der Waals surface area contributed by atoms with Crippen LogP contribution < -0.4 is 11.1 Å². The Morgan fingerprint density at radius 3 is 2.77 bits per heavy atom. The zero-order valence-corrected chi connectivity index (χ0v) is 17.6. The van der Waals surface area contributed by atoms with Crippen LogP contribution in [0.5, 0.6) is 0 Å². The summed E-state index contributed by atoms with van der Waals surface area (Å²) in [5.41, 5.74) is 11.2. The molecule has 1 aliphatic rings. The van der Waals surface area contributed by atoms with E-state index in [4.69, 9.17) is 10.5 Å². The number of aldehydes is 1. The summed E-state index contributed by atoms with van der Waals surface area (Å²) in [6.07, 6.45) is 3.10. The number of rotatable bonds is 9. The van der Waals surface area contributed by atoms with Crippen LogP contribution in [0.1, 0.15) is 36.3 Å². The number of aromatic nitrogens is 1. The van der Waals surface area contributed by atoms with Gasteiger partial charge in [0.15, 0.2) is 0 Å². The summed E-state index contributed by atoms with van der Waals surface area (Å²) in [4.78, 5) is 27.3. The van der Waals surface area contributed by atoms with Crippen LogP contribution in [0.25, 0.3) is 22.2 Å². The number of nitrogens with one attached hydrogen (secondary N) is 2. The first-order valence-corrected chi connectivity index (χ1v) is 10.9. The molecule has 31 heavy (non-hydrogen) atoms. The number of H-pyrrole nitrogens is 1. The summed E-state index contributed by atoms with van der Waals surface area (Å²) in [6.45, 7) is 1.89. The van der Waals surface area contributed by atoms with Crippen molar-refractivity contribution in [2.24, 2.45) is 5.73 Å². The molecule has 2 aromatic carbocycles. The molecule has 1 aliphatic heterocycles. The van der Waals surface area contributed by atoms with Gasteiger partial charge in [0.1, 0.15) is 6.29 Å². The number of nitrogens with two attached hydrogens (primary N) is 1. The molecular formula is C25H29N3O3. The van der Waals surface area contributed by atoms with Crippen LogP contribution in [-0.2, 0) is 20.7 Å². The maximum absolute atomic E-state index is 12.5. The lowest BCUT2D eigenvalue weighted by molar-refractivity contribution is -0.124. The van der Waals surface area contributed by atoms with Crippen LogP contribution in [-0.4, -0.2) is 43.0 Å². The minimum atomic E-state index is -0.525. The summed E-state index contributed by atoms with van der Waals surface area (Å²) < 4.78 is 5.62. The molecule has 3 aromatic rings. The van der Waals surface area contributed by atoms with Crippen molar-refractivity contribution in [1.29, 1.82) is 0 Å². The number of benzene rings is 2. The van der Waals surface area contributed by atoms with Gasteiger partial charge >= 0.3 is 0 Å². The van der Waals surface area contributed by atoms with Gasteiger partial charge in [-0.1, -0.05) is 48.5 Å². The number of ether oxygens (including phenoxy) is 1. The molecule has 4 N–H and O–H groups in total. The van der Waals surface area contributed by atoms with Crippen molar-refractivity contribution < 1.29 is 14.3 Å². The minimum absolute atomic E-state index is 0.140. The maximum atomic E-state index is 12.5. The standard InChI is InChI=1S/C25H29N3O3/c26-13-11-19(15-29)27-23(30)10-9-22-21-8-4-7-20(18-12-14-31-16-18)25(21)28-24(22)17-5-2-1-3-6-17/h1-8,15,18-19,28H,9-14,16,26H2,(H,27,30). The van der Waals surface area contributed by atoms with Gasteiger partial charge in [0.2, 0.25) is 5.91 Å². The molecule has 1 aromatic heterocycles. The number of hydrogen-bond acceptors (Lipinski definition) is 4. The molecule has 2 atom stereocenters. The molecule has 0 aliphatic carbocycles. The lowest BCUT2D eigenvalue weighted by atomic mass is 9.94. The monoisotopic (exact) mass is 419 g/mol. The van der Waals surface area contributed by atoms with Gasteiger partial charge in [0, 0.05) is 35.5 Å². The molecule has 4 rings (SSSR count). The van der Waals surface area contributed by atoms with E-state index >= 15 is 0 Å². The molecule has 6 heteroatoms. The molecular weight excluding hydrogens is 390 g/mol. The lowest BCUT2D eigenvalue weighted by Gasteiger charge is -2.12. The summed E-state index contributed by atoms with van der Waals surface area (Å²) in [7, 11) is 0. The first-order valence-electron chi connectivity index (χ1n) is 10.9. The third-order valence-electron chi connectivity index (χ3n) is 6.00. The number of carbonyl (C=O) groups is 2. The van der Waals surface area contributed by atoms with E-state index in [1.807, 2.05) is 18.2 Å².